The first-order valence-electron chi connectivity index (χ1n) is 7.79. The second kappa shape index (κ2) is 5.93. The van der Waals surface area contributed by atoms with Gasteiger partial charge in [-0.25, -0.2) is 0 Å². The Balaban J connectivity index is 1.73. The van der Waals surface area contributed by atoms with Gasteiger partial charge in [0.1, 0.15) is 6.42 Å². The maximum absolute atomic E-state index is 11.8. The van der Waals surface area contributed by atoms with Crippen molar-refractivity contribution in [1.29, 1.82) is 0 Å². The highest BCUT2D eigenvalue weighted by Gasteiger charge is 2.42. The third-order valence-electron chi connectivity index (χ3n) is 5.13. The zero-order valence-corrected chi connectivity index (χ0v) is 12.8. The quantitative estimate of drug-likeness (QED) is 0.527. The van der Waals surface area contributed by atoms with Gasteiger partial charge >= 0.3 is 0 Å². The van der Waals surface area contributed by atoms with E-state index < -0.39 is 23.0 Å². The second-order valence-corrected chi connectivity index (χ2v) is 6.67. The summed E-state index contributed by atoms with van der Waals surface area (Å²) in [6, 6.07) is -0.695. The zero-order chi connectivity index (χ0) is 15.7. The van der Waals surface area contributed by atoms with Gasteiger partial charge in [0.05, 0.1) is 23.3 Å². The van der Waals surface area contributed by atoms with Crippen LogP contribution in [-0.4, -0.2) is 45.3 Å². The summed E-state index contributed by atoms with van der Waals surface area (Å²) in [4.78, 5) is 23.6. The molecule has 0 radical (unpaired) electrons. The Hall–Kier alpha value is -1.14. The van der Waals surface area contributed by atoms with Crippen molar-refractivity contribution in [2.45, 2.75) is 82.1 Å². The highest BCUT2D eigenvalue weighted by Crippen LogP contribution is 2.35. The molecular weight excluding hydrogens is 272 g/mol. The molecule has 0 bridgehead atoms. The summed E-state index contributed by atoms with van der Waals surface area (Å²) in [5.41, 5.74) is -1.64. The number of carbonyl (C=O) groups excluding carboxylic acids is 2. The number of rotatable bonds is 6. The van der Waals surface area contributed by atoms with Crippen LogP contribution < -0.4 is 10.6 Å². The summed E-state index contributed by atoms with van der Waals surface area (Å²) >= 11 is 0. The molecule has 2 saturated carbocycles. The fourth-order valence-corrected chi connectivity index (χ4v) is 2.94. The predicted octanol–water partition coefficient (Wildman–Crippen LogP) is 0.216. The first-order chi connectivity index (χ1) is 9.75. The molecular formula is C15H26N2O4. The van der Waals surface area contributed by atoms with Gasteiger partial charge in [0, 0.05) is 0 Å². The summed E-state index contributed by atoms with van der Waals surface area (Å²) in [6.07, 6.45) is 4.40. The predicted molar refractivity (Wildman–Crippen MR) is 77.4 cm³/mol. The highest BCUT2D eigenvalue weighted by molar-refractivity contribution is 5.97. The molecule has 6 heteroatoms. The van der Waals surface area contributed by atoms with Gasteiger partial charge < -0.3 is 20.8 Å². The van der Waals surface area contributed by atoms with E-state index in [1.165, 1.54) is 0 Å². The van der Waals surface area contributed by atoms with Crippen LogP contribution in [0.1, 0.15) is 58.8 Å². The smallest absolute Gasteiger partial charge is 0.229 e. The van der Waals surface area contributed by atoms with Gasteiger partial charge in [-0.1, -0.05) is 0 Å². The SMILES string of the molecule is CC(NC(=O)CC(=O)NC(C)C1(O)CCC1)C1(O)CCC1. The van der Waals surface area contributed by atoms with Crippen LogP contribution in [0.3, 0.4) is 0 Å². The van der Waals surface area contributed by atoms with Crippen LogP contribution in [0.25, 0.3) is 0 Å². The van der Waals surface area contributed by atoms with Crippen molar-refractivity contribution in [1.82, 2.24) is 10.6 Å². The maximum atomic E-state index is 11.8. The van der Waals surface area contributed by atoms with Crippen molar-refractivity contribution in [2.24, 2.45) is 0 Å². The lowest BCUT2D eigenvalue weighted by atomic mass is 9.75. The third-order valence-corrected chi connectivity index (χ3v) is 5.13. The number of nitrogens with one attached hydrogen (secondary N) is 2. The van der Waals surface area contributed by atoms with Crippen LogP contribution in [0.5, 0.6) is 0 Å². The lowest BCUT2D eigenvalue weighted by Gasteiger charge is -2.42. The van der Waals surface area contributed by atoms with Crippen molar-refractivity contribution < 1.29 is 19.8 Å². The van der Waals surface area contributed by atoms with Crippen LogP contribution in [0.4, 0.5) is 0 Å². The third kappa shape index (κ3) is 3.55. The standard InChI is InChI=1S/C15H26N2O4/c1-10(14(20)5-3-6-14)16-12(18)9-13(19)17-11(2)15(21)7-4-8-15/h10-11,20-21H,3-9H2,1-2H3,(H,16,18)(H,17,19). The minimum Gasteiger partial charge on any atom is -0.388 e. The molecule has 0 aliphatic heterocycles. The molecule has 0 saturated heterocycles. The van der Waals surface area contributed by atoms with Gasteiger partial charge in [-0.15, -0.1) is 0 Å². The minimum atomic E-state index is -0.819. The first kappa shape index (κ1) is 16.2. The van der Waals surface area contributed by atoms with Crippen molar-refractivity contribution in [3.05, 3.63) is 0 Å². The van der Waals surface area contributed by atoms with E-state index in [9.17, 15) is 19.8 Å². The molecule has 4 N–H and O–H groups in total. The molecule has 21 heavy (non-hydrogen) atoms. The Labute approximate surface area is 125 Å². The molecule has 2 aliphatic carbocycles. The largest absolute Gasteiger partial charge is 0.388 e. The molecule has 2 rings (SSSR count). The monoisotopic (exact) mass is 298 g/mol. The highest BCUT2D eigenvalue weighted by atomic mass is 16.3. The number of carbonyl (C=O) groups is 2. The van der Waals surface area contributed by atoms with E-state index in [0.29, 0.717) is 25.7 Å². The molecule has 2 amide bonds. The van der Waals surface area contributed by atoms with Crippen LogP contribution in [-0.2, 0) is 9.59 Å². The Morgan fingerprint density at radius 3 is 1.48 bits per heavy atom. The molecule has 0 aromatic heterocycles. The van der Waals surface area contributed by atoms with Gasteiger partial charge in [0.15, 0.2) is 0 Å². The Morgan fingerprint density at radius 2 is 1.24 bits per heavy atom. The van der Waals surface area contributed by atoms with E-state index in [1.807, 2.05) is 0 Å². The van der Waals surface area contributed by atoms with Gasteiger partial charge in [-0.3, -0.25) is 9.59 Å². The van der Waals surface area contributed by atoms with Gasteiger partial charge in [0.2, 0.25) is 11.8 Å². The van der Waals surface area contributed by atoms with Gasteiger partial charge in [0.25, 0.3) is 0 Å². The molecule has 0 aromatic rings. The topological polar surface area (TPSA) is 98.7 Å². The number of hydrogen-bond donors (Lipinski definition) is 4. The molecule has 0 aromatic carbocycles. The molecule has 6 nitrogen and oxygen atoms in total. The maximum Gasteiger partial charge on any atom is 0.229 e. The molecule has 120 valence electrons. The van der Waals surface area contributed by atoms with E-state index in [4.69, 9.17) is 0 Å². The molecule has 0 spiro atoms. The number of hydrogen-bond acceptors (Lipinski definition) is 4. The molecule has 2 fully saturated rings. The van der Waals surface area contributed by atoms with Crippen LogP contribution in [0, 0.1) is 0 Å². The number of aliphatic hydroxyl groups is 2. The van der Waals surface area contributed by atoms with Gasteiger partial charge in [-0.05, 0) is 52.4 Å². The zero-order valence-electron chi connectivity index (χ0n) is 12.8. The Kier molecular flexibility index (Phi) is 4.58. The van der Waals surface area contributed by atoms with E-state index in [0.717, 1.165) is 12.8 Å². The van der Waals surface area contributed by atoms with Crippen molar-refractivity contribution in [3.8, 4) is 0 Å². The minimum absolute atomic E-state index is 0.277. The molecule has 2 aliphatic rings. The van der Waals surface area contributed by atoms with Crippen molar-refractivity contribution in [2.75, 3.05) is 0 Å². The summed E-state index contributed by atoms with van der Waals surface area (Å²) in [5.74, 6) is -0.791. The van der Waals surface area contributed by atoms with E-state index in [-0.39, 0.29) is 18.5 Å². The van der Waals surface area contributed by atoms with E-state index in [2.05, 4.69) is 10.6 Å². The molecule has 2 unspecified atom stereocenters. The summed E-state index contributed by atoms with van der Waals surface area (Å²) in [7, 11) is 0. The lowest BCUT2D eigenvalue weighted by molar-refractivity contribution is -0.134. The first-order valence-corrected chi connectivity index (χ1v) is 7.79. The van der Waals surface area contributed by atoms with Crippen LogP contribution in [0.15, 0.2) is 0 Å². The Morgan fingerprint density at radius 1 is 0.905 bits per heavy atom. The van der Waals surface area contributed by atoms with Crippen LogP contribution >= 0.6 is 0 Å². The van der Waals surface area contributed by atoms with Crippen molar-refractivity contribution in [3.63, 3.8) is 0 Å². The second-order valence-electron chi connectivity index (χ2n) is 6.67. The molecule has 2 atom stereocenters. The van der Waals surface area contributed by atoms with E-state index >= 15 is 0 Å². The van der Waals surface area contributed by atoms with Crippen LogP contribution in [0.2, 0.25) is 0 Å². The summed E-state index contributed by atoms with van der Waals surface area (Å²) in [6.45, 7) is 3.52. The van der Waals surface area contributed by atoms with Crippen molar-refractivity contribution >= 4 is 11.8 Å². The average Bonchev–Trinajstić information content (AvgIpc) is 2.32. The normalized spacial score (nSPS) is 25.0. The average molecular weight is 298 g/mol. The number of amides is 2. The van der Waals surface area contributed by atoms with E-state index in [1.54, 1.807) is 13.8 Å². The summed E-state index contributed by atoms with van der Waals surface area (Å²) in [5, 5.41) is 25.6. The fraction of sp³-hybridized carbons (Fsp3) is 0.867. The fourth-order valence-electron chi connectivity index (χ4n) is 2.94. The Bertz CT molecular complexity index is 378. The summed E-state index contributed by atoms with van der Waals surface area (Å²) < 4.78 is 0. The van der Waals surface area contributed by atoms with Gasteiger partial charge in [-0.2, -0.15) is 0 Å². The molecule has 0 heterocycles. The lowest BCUT2D eigenvalue weighted by Crippen LogP contribution is -2.57.